The molecule has 0 saturated carbocycles. The van der Waals surface area contributed by atoms with E-state index in [1.54, 1.807) is 13.2 Å². The minimum Gasteiger partial charge on any atom is -0.383 e. The van der Waals surface area contributed by atoms with Crippen LogP contribution < -0.4 is 4.90 Å². The Balaban J connectivity index is 1.97. The van der Waals surface area contributed by atoms with Crippen LogP contribution in [0.25, 0.3) is 0 Å². The van der Waals surface area contributed by atoms with Gasteiger partial charge in [0.1, 0.15) is 11.5 Å². The number of nitrogens with zero attached hydrogens (tertiary/aromatic N) is 3. The van der Waals surface area contributed by atoms with Crippen LogP contribution in [0.2, 0.25) is 0 Å². The topological polar surface area (TPSA) is 28.6 Å². The summed E-state index contributed by atoms with van der Waals surface area (Å²) >= 11 is 0. The third-order valence-corrected chi connectivity index (χ3v) is 3.33. The highest BCUT2D eigenvalue weighted by Crippen LogP contribution is 2.29. The Bertz CT molecular complexity index is 431. The minimum absolute atomic E-state index is 0.395. The summed E-state index contributed by atoms with van der Waals surface area (Å²) in [6.07, 6.45) is -4.39. The van der Waals surface area contributed by atoms with E-state index in [-0.39, 0.29) is 0 Å². The Labute approximate surface area is 116 Å². The monoisotopic (exact) mass is 289 g/mol. The Morgan fingerprint density at radius 2 is 1.90 bits per heavy atom. The highest BCUT2D eigenvalue weighted by molar-refractivity contribution is 5.40. The Morgan fingerprint density at radius 1 is 1.20 bits per heavy atom. The first-order valence-electron chi connectivity index (χ1n) is 6.51. The standard InChI is InChI=1S/C13H18F3N3O/c1-20-10-9-18-5-7-19(8-6-18)12-4-2-3-11(17-12)13(14,15)16/h2-4H,5-10H2,1H3. The summed E-state index contributed by atoms with van der Waals surface area (Å²) in [5, 5.41) is 0. The average molecular weight is 289 g/mol. The first-order valence-corrected chi connectivity index (χ1v) is 6.51. The summed E-state index contributed by atoms with van der Waals surface area (Å²) in [6, 6.07) is 4.03. The van der Waals surface area contributed by atoms with Gasteiger partial charge in [0.25, 0.3) is 0 Å². The second-order valence-corrected chi connectivity index (χ2v) is 4.70. The molecule has 1 aromatic rings. The fourth-order valence-electron chi connectivity index (χ4n) is 2.18. The number of anilines is 1. The van der Waals surface area contributed by atoms with E-state index in [2.05, 4.69) is 9.88 Å². The van der Waals surface area contributed by atoms with Crippen molar-refractivity contribution < 1.29 is 17.9 Å². The van der Waals surface area contributed by atoms with Crippen molar-refractivity contribution in [1.82, 2.24) is 9.88 Å². The van der Waals surface area contributed by atoms with Gasteiger partial charge in [-0.3, -0.25) is 4.90 Å². The van der Waals surface area contributed by atoms with Gasteiger partial charge in [-0.25, -0.2) is 4.98 Å². The number of alkyl halides is 3. The zero-order chi connectivity index (χ0) is 14.6. The molecule has 1 aromatic heterocycles. The SMILES string of the molecule is COCCN1CCN(c2cccc(C(F)(F)F)n2)CC1. The van der Waals surface area contributed by atoms with E-state index < -0.39 is 11.9 Å². The maximum atomic E-state index is 12.6. The van der Waals surface area contributed by atoms with Gasteiger partial charge in [-0.15, -0.1) is 0 Å². The number of pyridine rings is 1. The largest absolute Gasteiger partial charge is 0.433 e. The number of halogens is 3. The molecule has 0 amide bonds. The molecule has 0 bridgehead atoms. The second-order valence-electron chi connectivity index (χ2n) is 4.70. The van der Waals surface area contributed by atoms with Crippen LogP contribution in [0.5, 0.6) is 0 Å². The van der Waals surface area contributed by atoms with Crippen LogP contribution in [0.1, 0.15) is 5.69 Å². The van der Waals surface area contributed by atoms with Crippen molar-refractivity contribution in [3.63, 3.8) is 0 Å². The molecule has 1 fully saturated rings. The molecule has 1 aliphatic heterocycles. The van der Waals surface area contributed by atoms with Crippen LogP contribution in [-0.4, -0.2) is 56.3 Å². The number of ether oxygens (including phenoxy) is 1. The van der Waals surface area contributed by atoms with Crippen LogP contribution in [0.15, 0.2) is 18.2 Å². The fourth-order valence-corrected chi connectivity index (χ4v) is 2.18. The summed E-state index contributed by atoms with van der Waals surface area (Å²) in [4.78, 5) is 7.83. The van der Waals surface area contributed by atoms with Gasteiger partial charge in [-0.2, -0.15) is 13.2 Å². The number of methoxy groups -OCH3 is 1. The number of aromatic nitrogens is 1. The lowest BCUT2D eigenvalue weighted by Gasteiger charge is -2.35. The first kappa shape index (κ1) is 15.1. The van der Waals surface area contributed by atoms with Crippen LogP contribution in [0, 0.1) is 0 Å². The van der Waals surface area contributed by atoms with Crippen LogP contribution in [-0.2, 0) is 10.9 Å². The highest BCUT2D eigenvalue weighted by Gasteiger charge is 2.33. The van der Waals surface area contributed by atoms with Crippen molar-refractivity contribution >= 4 is 5.82 Å². The van der Waals surface area contributed by atoms with Crippen LogP contribution >= 0.6 is 0 Å². The van der Waals surface area contributed by atoms with Gasteiger partial charge in [0, 0.05) is 39.8 Å². The molecule has 1 aliphatic rings. The van der Waals surface area contributed by atoms with E-state index in [1.807, 2.05) is 4.90 Å². The first-order chi connectivity index (χ1) is 9.50. The molecule has 2 heterocycles. The van der Waals surface area contributed by atoms with E-state index in [0.29, 0.717) is 25.5 Å². The molecule has 0 aliphatic carbocycles. The molecule has 0 N–H and O–H groups in total. The molecule has 1 saturated heterocycles. The van der Waals surface area contributed by atoms with Gasteiger partial charge in [0.15, 0.2) is 0 Å². The molecule has 20 heavy (non-hydrogen) atoms. The lowest BCUT2D eigenvalue weighted by atomic mass is 10.3. The fraction of sp³-hybridized carbons (Fsp3) is 0.615. The molecule has 0 aromatic carbocycles. The number of piperazine rings is 1. The molecular weight excluding hydrogens is 271 g/mol. The molecule has 7 heteroatoms. The number of hydrogen-bond acceptors (Lipinski definition) is 4. The van der Waals surface area contributed by atoms with Gasteiger partial charge in [-0.1, -0.05) is 6.07 Å². The Morgan fingerprint density at radius 3 is 2.50 bits per heavy atom. The van der Waals surface area contributed by atoms with Gasteiger partial charge in [0.2, 0.25) is 0 Å². The average Bonchev–Trinajstić information content (AvgIpc) is 2.45. The summed E-state index contributed by atoms with van der Waals surface area (Å²) < 4.78 is 42.9. The third kappa shape index (κ3) is 3.83. The Hall–Kier alpha value is -1.34. The lowest BCUT2D eigenvalue weighted by molar-refractivity contribution is -0.141. The summed E-state index contributed by atoms with van der Waals surface area (Å²) in [5.41, 5.74) is -0.836. The normalized spacial score (nSPS) is 17.5. The molecule has 112 valence electrons. The van der Waals surface area contributed by atoms with E-state index in [1.165, 1.54) is 6.07 Å². The predicted octanol–water partition coefficient (Wildman–Crippen LogP) is 1.87. The molecular formula is C13H18F3N3O. The Kier molecular flexibility index (Phi) is 4.82. The molecule has 0 atom stereocenters. The smallest absolute Gasteiger partial charge is 0.383 e. The predicted molar refractivity (Wildman–Crippen MR) is 69.8 cm³/mol. The summed E-state index contributed by atoms with van der Waals surface area (Å²) in [6.45, 7) is 4.49. The quantitative estimate of drug-likeness (QED) is 0.846. The van der Waals surface area contributed by atoms with Gasteiger partial charge < -0.3 is 9.64 Å². The maximum absolute atomic E-state index is 12.6. The van der Waals surface area contributed by atoms with E-state index in [9.17, 15) is 13.2 Å². The molecule has 0 radical (unpaired) electrons. The number of rotatable bonds is 4. The van der Waals surface area contributed by atoms with E-state index in [0.717, 1.165) is 25.7 Å². The highest BCUT2D eigenvalue weighted by atomic mass is 19.4. The minimum atomic E-state index is -4.39. The molecule has 0 unspecified atom stereocenters. The zero-order valence-electron chi connectivity index (χ0n) is 11.4. The van der Waals surface area contributed by atoms with Crippen LogP contribution in [0.3, 0.4) is 0 Å². The van der Waals surface area contributed by atoms with Crippen molar-refractivity contribution in [2.75, 3.05) is 51.3 Å². The van der Waals surface area contributed by atoms with Crippen molar-refractivity contribution in [3.8, 4) is 0 Å². The maximum Gasteiger partial charge on any atom is 0.433 e. The van der Waals surface area contributed by atoms with Crippen molar-refractivity contribution in [3.05, 3.63) is 23.9 Å². The number of hydrogen-bond donors (Lipinski definition) is 0. The van der Waals surface area contributed by atoms with Gasteiger partial charge in [0.05, 0.1) is 6.61 Å². The molecule has 0 spiro atoms. The van der Waals surface area contributed by atoms with Crippen molar-refractivity contribution in [2.45, 2.75) is 6.18 Å². The van der Waals surface area contributed by atoms with Gasteiger partial charge in [-0.05, 0) is 12.1 Å². The van der Waals surface area contributed by atoms with E-state index in [4.69, 9.17) is 4.74 Å². The van der Waals surface area contributed by atoms with E-state index >= 15 is 0 Å². The van der Waals surface area contributed by atoms with Gasteiger partial charge >= 0.3 is 6.18 Å². The third-order valence-electron chi connectivity index (χ3n) is 3.33. The second kappa shape index (κ2) is 6.41. The molecule has 4 nitrogen and oxygen atoms in total. The van der Waals surface area contributed by atoms with Crippen molar-refractivity contribution in [2.24, 2.45) is 0 Å². The summed E-state index contributed by atoms with van der Waals surface area (Å²) in [5.74, 6) is 0.395. The van der Waals surface area contributed by atoms with Crippen LogP contribution in [0.4, 0.5) is 19.0 Å². The van der Waals surface area contributed by atoms with Crippen molar-refractivity contribution in [1.29, 1.82) is 0 Å². The summed E-state index contributed by atoms with van der Waals surface area (Å²) in [7, 11) is 1.66. The lowest BCUT2D eigenvalue weighted by Crippen LogP contribution is -2.47. The zero-order valence-corrected chi connectivity index (χ0v) is 11.4. The molecule has 2 rings (SSSR count).